The van der Waals surface area contributed by atoms with Crippen molar-refractivity contribution in [2.75, 3.05) is 27.3 Å². The van der Waals surface area contributed by atoms with Crippen LogP contribution in [0, 0.1) is 17.3 Å². The summed E-state index contributed by atoms with van der Waals surface area (Å²) in [7, 11) is 2.61. The number of nitrogens with one attached hydrogen (secondary N) is 5. The fraction of sp³-hybridized carbons (Fsp3) is 0.469. The minimum atomic E-state index is -0.835. The zero-order chi connectivity index (χ0) is 45.1. The molecule has 1 spiro atoms. The lowest BCUT2D eigenvalue weighted by Gasteiger charge is -2.49. The number of H-pyrrole nitrogens is 2. The van der Waals surface area contributed by atoms with Crippen molar-refractivity contribution < 1.29 is 28.7 Å². The number of amides is 4. The number of aromatic amines is 2. The molecule has 2 aromatic heterocycles. The van der Waals surface area contributed by atoms with Crippen LogP contribution in [0.1, 0.15) is 90.8 Å². The van der Waals surface area contributed by atoms with Crippen LogP contribution in [0.15, 0.2) is 73.1 Å². The Morgan fingerprint density at radius 3 is 1.94 bits per heavy atom. The van der Waals surface area contributed by atoms with Crippen molar-refractivity contribution in [1.29, 1.82) is 0 Å². The van der Waals surface area contributed by atoms with E-state index in [0.29, 0.717) is 25.3 Å². The number of hydrogen-bond acceptors (Lipinski definition) is 9. The number of likely N-dealkylation sites (tertiary alicyclic amines) is 1. The third-order valence-electron chi connectivity index (χ3n) is 14.2. The molecule has 1 saturated carbocycles. The Kier molecular flexibility index (Phi) is 11.0. The van der Waals surface area contributed by atoms with Gasteiger partial charge in [0.1, 0.15) is 23.7 Å². The molecule has 3 saturated heterocycles. The highest BCUT2D eigenvalue weighted by Crippen LogP contribution is 2.58. The average molecular weight is 870 g/mol. The highest BCUT2D eigenvalue weighted by Gasteiger charge is 2.60. The Morgan fingerprint density at radius 1 is 0.719 bits per heavy atom. The number of fused-ring (bicyclic) bond motifs is 3. The van der Waals surface area contributed by atoms with Gasteiger partial charge in [0.25, 0.3) is 0 Å². The number of hydrogen-bond donors (Lipinski definition) is 5. The van der Waals surface area contributed by atoms with E-state index in [1.165, 1.54) is 14.2 Å². The minimum absolute atomic E-state index is 0.108. The number of carbonyl (C=O) groups excluding carboxylic acids is 4. The van der Waals surface area contributed by atoms with Crippen molar-refractivity contribution in [1.82, 2.24) is 45.7 Å². The maximum atomic E-state index is 14.4. The van der Waals surface area contributed by atoms with Crippen LogP contribution in [0.2, 0.25) is 0 Å². The molecule has 5 atom stereocenters. The van der Waals surface area contributed by atoms with Gasteiger partial charge >= 0.3 is 12.2 Å². The van der Waals surface area contributed by atoms with Crippen molar-refractivity contribution in [3.63, 3.8) is 0 Å². The molecule has 5 aromatic rings. The van der Waals surface area contributed by atoms with Crippen molar-refractivity contribution in [2.24, 2.45) is 17.3 Å². The van der Waals surface area contributed by atoms with Crippen LogP contribution in [0.4, 0.5) is 9.59 Å². The first kappa shape index (κ1) is 43.1. The number of alkyl carbamates (subject to hydrolysis) is 2. The number of benzene rings is 3. The highest BCUT2D eigenvalue weighted by atomic mass is 16.5. The number of carbonyl (C=O) groups is 4. The Bertz CT molecular complexity index is 2600. The number of ether oxygens (including phenoxy) is 2. The molecule has 4 aliphatic rings. The van der Waals surface area contributed by atoms with Crippen molar-refractivity contribution in [2.45, 2.75) is 102 Å². The molecule has 15 heteroatoms. The molecule has 9 rings (SSSR count). The van der Waals surface area contributed by atoms with E-state index in [-0.39, 0.29) is 35.1 Å². The molecule has 5 heterocycles. The summed E-state index contributed by atoms with van der Waals surface area (Å²) in [4.78, 5) is 73.4. The van der Waals surface area contributed by atoms with Gasteiger partial charge in [0.05, 0.1) is 49.6 Å². The number of methoxy groups -OCH3 is 2. The molecule has 1 aliphatic carbocycles. The maximum Gasteiger partial charge on any atom is 0.407 e. The Hall–Kier alpha value is -6.22. The summed E-state index contributed by atoms with van der Waals surface area (Å²) < 4.78 is 9.70. The van der Waals surface area contributed by atoms with Gasteiger partial charge in [-0.15, -0.1) is 0 Å². The van der Waals surface area contributed by atoms with Crippen LogP contribution in [-0.2, 0) is 24.7 Å². The summed E-state index contributed by atoms with van der Waals surface area (Å²) in [6.45, 7) is 11.1. The zero-order valence-corrected chi connectivity index (χ0v) is 37.7. The average Bonchev–Trinajstić information content (AvgIpc) is 3.66. The lowest BCUT2D eigenvalue weighted by molar-refractivity contribution is -0.150. The molecule has 5 unspecified atom stereocenters. The molecule has 3 aromatic carbocycles. The molecule has 336 valence electrons. The molecule has 64 heavy (non-hydrogen) atoms. The third-order valence-corrected chi connectivity index (χ3v) is 14.2. The van der Waals surface area contributed by atoms with Crippen LogP contribution < -0.4 is 16.0 Å². The van der Waals surface area contributed by atoms with Gasteiger partial charge in [-0.25, -0.2) is 19.6 Å². The molecule has 2 bridgehead atoms. The van der Waals surface area contributed by atoms with E-state index in [1.54, 1.807) is 0 Å². The van der Waals surface area contributed by atoms with Gasteiger partial charge in [-0.2, -0.15) is 0 Å². The van der Waals surface area contributed by atoms with E-state index < -0.39 is 35.5 Å². The van der Waals surface area contributed by atoms with E-state index in [2.05, 4.69) is 93.5 Å². The summed E-state index contributed by atoms with van der Waals surface area (Å²) >= 11 is 0. The first-order valence-electron chi connectivity index (χ1n) is 22.5. The van der Waals surface area contributed by atoms with Crippen LogP contribution >= 0.6 is 0 Å². The van der Waals surface area contributed by atoms with Crippen LogP contribution in [-0.4, -0.2) is 98.7 Å². The summed E-state index contributed by atoms with van der Waals surface area (Å²) in [6, 6.07) is 19.6. The fourth-order valence-corrected chi connectivity index (χ4v) is 10.4. The van der Waals surface area contributed by atoms with Gasteiger partial charge < -0.3 is 39.9 Å². The highest BCUT2D eigenvalue weighted by molar-refractivity contribution is 5.91. The maximum absolute atomic E-state index is 14.4. The van der Waals surface area contributed by atoms with Gasteiger partial charge in [0.2, 0.25) is 11.8 Å². The monoisotopic (exact) mass is 869 g/mol. The van der Waals surface area contributed by atoms with Crippen molar-refractivity contribution in [3.05, 3.63) is 84.7 Å². The van der Waals surface area contributed by atoms with E-state index in [0.717, 1.165) is 82.3 Å². The standard InChI is InChI=1S/C49H59N9O6/c1-28(2)39(55-45(61)63-6)42(59)57-27-48(19-20-48)23-38(57)41-50-24-37(53-41)35-16-15-33-21-32(13-14-34(33)22-35)30-9-11-31(12-10-30)36-25-51-44(54-36)49-18-8-17-47(5,26-52-49)58(49)43(60)40(29(3)4)56-46(62)64-7/h9-16,21-22,24-25,28-29,38-40,52H,8,17-20,23,26-27H2,1-7H3,(H,50,53)(H,51,54)(H,55,61)(H,56,62). The van der Waals surface area contributed by atoms with Gasteiger partial charge in [0.15, 0.2) is 5.66 Å². The van der Waals surface area contributed by atoms with E-state index in [4.69, 9.17) is 19.4 Å². The second-order valence-corrected chi connectivity index (χ2v) is 19.3. The molecule has 3 aliphatic heterocycles. The molecule has 0 radical (unpaired) electrons. The number of aromatic nitrogens is 4. The number of nitrogens with zero attached hydrogens (tertiary/aromatic N) is 4. The van der Waals surface area contributed by atoms with Crippen molar-refractivity contribution >= 4 is 34.8 Å². The van der Waals surface area contributed by atoms with Crippen LogP contribution in [0.25, 0.3) is 44.4 Å². The molecular weight excluding hydrogens is 811 g/mol. The van der Waals surface area contributed by atoms with Crippen LogP contribution in [0.5, 0.6) is 0 Å². The van der Waals surface area contributed by atoms with Gasteiger partial charge in [-0.1, -0.05) is 76.2 Å². The molecule has 5 N–H and O–H groups in total. The summed E-state index contributed by atoms with van der Waals surface area (Å²) in [5, 5.41) is 11.4. The number of piperidine rings is 1. The summed E-state index contributed by atoms with van der Waals surface area (Å²) in [6.07, 6.45) is 7.90. The smallest absolute Gasteiger partial charge is 0.407 e. The van der Waals surface area contributed by atoms with E-state index in [9.17, 15) is 19.2 Å². The Morgan fingerprint density at radius 2 is 1.30 bits per heavy atom. The molecule has 15 nitrogen and oxygen atoms in total. The number of imidazole rings is 2. The van der Waals surface area contributed by atoms with Gasteiger partial charge in [-0.3, -0.25) is 14.9 Å². The topological polar surface area (TPSA) is 187 Å². The van der Waals surface area contributed by atoms with Gasteiger partial charge in [0, 0.05) is 18.7 Å². The predicted molar refractivity (Wildman–Crippen MR) is 242 cm³/mol. The molecule has 4 amide bonds. The summed E-state index contributed by atoms with van der Waals surface area (Å²) in [5.74, 6) is 0.910. The fourth-order valence-electron chi connectivity index (χ4n) is 10.4. The van der Waals surface area contributed by atoms with Crippen molar-refractivity contribution in [3.8, 4) is 33.6 Å². The second kappa shape index (κ2) is 16.4. The Labute approximate surface area is 373 Å². The van der Waals surface area contributed by atoms with Gasteiger partial charge in [-0.05, 0) is 102 Å². The van der Waals surface area contributed by atoms with E-state index >= 15 is 0 Å². The number of rotatable bonds is 11. The predicted octanol–water partition coefficient (Wildman–Crippen LogP) is 7.63. The second-order valence-electron chi connectivity index (χ2n) is 19.3. The molecular formula is C49H59N9O6. The quantitative estimate of drug-likeness (QED) is 0.0890. The summed E-state index contributed by atoms with van der Waals surface area (Å²) in [5.41, 5.74) is 4.71. The zero-order valence-electron chi connectivity index (χ0n) is 37.7. The lowest BCUT2D eigenvalue weighted by Crippen LogP contribution is -2.64. The molecule has 4 fully saturated rings. The first-order valence-corrected chi connectivity index (χ1v) is 22.5. The first-order chi connectivity index (χ1) is 30.7. The van der Waals surface area contributed by atoms with Crippen LogP contribution in [0.3, 0.4) is 0 Å². The minimum Gasteiger partial charge on any atom is -0.453 e. The third kappa shape index (κ3) is 7.66. The lowest BCUT2D eigenvalue weighted by atomic mass is 9.84. The Balaban J connectivity index is 0.911. The van der Waals surface area contributed by atoms with E-state index in [1.807, 2.05) is 49.9 Å². The SMILES string of the molecule is COC(=O)NC(C(=O)N1CC2(CC2)CC1c1ncc(-c2ccc3cc(-c4ccc(-c5cnc(C67CCCC(C)(CN6)N7C(=O)C(NC(=O)OC)C(C)C)[nH]5)cc4)ccc3c2)[nH]1)C(C)C. The normalized spacial score (nSPS) is 23.1. The largest absolute Gasteiger partial charge is 0.453 e.